The normalized spacial score (nSPS) is 23.8. The van der Waals surface area contributed by atoms with Crippen LogP contribution in [0.2, 0.25) is 5.02 Å². The van der Waals surface area contributed by atoms with Gasteiger partial charge in [-0.1, -0.05) is 11.6 Å². The number of nitrogens with zero attached hydrogens (tertiary/aromatic N) is 5. The van der Waals surface area contributed by atoms with Gasteiger partial charge in [-0.15, -0.1) is 0 Å². The molecule has 0 amide bonds. The minimum absolute atomic E-state index is 0.0208. The Morgan fingerprint density at radius 2 is 1.85 bits per heavy atom. The summed E-state index contributed by atoms with van der Waals surface area (Å²) >= 11 is 6.47. The molecule has 2 atom stereocenters. The van der Waals surface area contributed by atoms with Crippen molar-refractivity contribution in [3.8, 4) is 17.3 Å². The number of pyridine rings is 1. The third-order valence-electron chi connectivity index (χ3n) is 8.88. The molecule has 5 heterocycles. The minimum Gasteiger partial charge on any atom is -0.463 e. The molecule has 2 aromatic heterocycles. The molecular formula is C29H34ClF2N7O2. The van der Waals surface area contributed by atoms with E-state index in [-0.39, 0.29) is 39.0 Å². The summed E-state index contributed by atoms with van der Waals surface area (Å²) in [4.78, 5) is 18.0. The maximum atomic E-state index is 16.4. The van der Waals surface area contributed by atoms with E-state index in [1.165, 1.54) is 6.07 Å². The van der Waals surface area contributed by atoms with Crippen LogP contribution in [-0.4, -0.2) is 84.5 Å². The van der Waals surface area contributed by atoms with E-state index in [0.29, 0.717) is 48.5 Å². The molecule has 2 bridgehead atoms. The van der Waals surface area contributed by atoms with E-state index in [4.69, 9.17) is 31.8 Å². The number of fused-ring (bicyclic) bond motifs is 3. The number of ether oxygens (including phenoxy) is 2. The molecule has 4 aliphatic rings. The number of piperazine rings is 1. The number of hydrogen-bond donors (Lipinski definition) is 2. The highest BCUT2D eigenvalue weighted by Crippen LogP contribution is 2.47. The van der Waals surface area contributed by atoms with Crippen molar-refractivity contribution in [2.75, 3.05) is 63.2 Å². The molecule has 218 valence electrons. The molecule has 1 aliphatic carbocycles. The van der Waals surface area contributed by atoms with Crippen molar-refractivity contribution in [2.45, 2.75) is 44.7 Å². The number of morpholine rings is 1. The highest BCUT2D eigenvalue weighted by molar-refractivity contribution is 6.34. The molecule has 0 spiro atoms. The van der Waals surface area contributed by atoms with Gasteiger partial charge in [0, 0.05) is 55.6 Å². The standard InChI is InChI=1S/C29H34ClF2N7O2/c1-16-10-21(33)35-26(23(16)30)22-20(31)11-19-25(24(22)32)36-28(37-27(19)39-12-17-2-3-18(13-39)34-17)41-15-29(4-5-29)14-38-6-8-40-9-7-38/h10-11,17-18,34H,2-9,12-15H2,1H3,(H2,33,35). The third kappa shape index (κ3) is 5.17. The van der Waals surface area contributed by atoms with Crippen LogP contribution in [0, 0.1) is 24.0 Å². The van der Waals surface area contributed by atoms with Gasteiger partial charge in [-0.25, -0.2) is 13.8 Å². The van der Waals surface area contributed by atoms with Gasteiger partial charge >= 0.3 is 6.01 Å². The Hall–Kier alpha value is -2.86. The Balaban J connectivity index is 1.28. The average molecular weight is 586 g/mol. The van der Waals surface area contributed by atoms with Crippen LogP contribution in [0.3, 0.4) is 0 Å². The molecule has 3 aliphatic heterocycles. The van der Waals surface area contributed by atoms with Crippen LogP contribution in [0.1, 0.15) is 31.2 Å². The quantitative estimate of drug-likeness (QED) is 0.427. The van der Waals surface area contributed by atoms with Gasteiger partial charge in [0.2, 0.25) is 0 Å². The van der Waals surface area contributed by atoms with E-state index in [1.54, 1.807) is 13.0 Å². The second kappa shape index (κ2) is 10.4. The number of nitrogen functional groups attached to an aromatic ring is 1. The fraction of sp³-hybridized carbons (Fsp3) is 0.552. The van der Waals surface area contributed by atoms with Gasteiger partial charge in [0.25, 0.3) is 0 Å². The molecule has 3 saturated heterocycles. The summed E-state index contributed by atoms with van der Waals surface area (Å²) in [5.41, 5.74) is 6.09. The summed E-state index contributed by atoms with van der Waals surface area (Å²) in [5, 5.41) is 4.04. The van der Waals surface area contributed by atoms with Crippen molar-refractivity contribution < 1.29 is 18.3 Å². The lowest BCUT2D eigenvalue weighted by Crippen LogP contribution is -2.51. The van der Waals surface area contributed by atoms with Crippen molar-refractivity contribution in [1.29, 1.82) is 0 Å². The zero-order valence-electron chi connectivity index (χ0n) is 23.1. The first-order valence-electron chi connectivity index (χ1n) is 14.4. The number of benzene rings is 1. The topological polar surface area (TPSA) is 102 Å². The summed E-state index contributed by atoms with van der Waals surface area (Å²) in [6, 6.07) is 3.55. The molecule has 4 fully saturated rings. The molecule has 1 aromatic carbocycles. The molecule has 1 saturated carbocycles. The monoisotopic (exact) mass is 585 g/mol. The van der Waals surface area contributed by atoms with Crippen molar-refractivity contribution in [3.05, 3.63) is 34.4 Å². The molecule has 2 unspecified atom stereocenters. The second-order valence-corrected chi connectivity index (χ2v) is 12.4. The molecular weight excluding hydrogens is 552 g/mol. The van der Waals surface area contributed by atoms with Crippen molar-refractivity contribution in [3.63, 3.8) is 0 Å². The number of halogens is 3. The molecule has 7 rings (SSSR count). The molecule has 0 radical (unpaired) electrons. The molecule has 12 heteroatoms. The summed E-state index contributed by atoms with van der Waals surface area (Å²) in [5.74, 6) is -1.05. The van der Waals surface area contributed by atoms with Crippen molar-refractivity contribution in [1.82, 2.24) is 25.2 Å². The van der Waals surface area contributed by atoms with Gasteiger partial charge in [-0.3, -0.25) is 4.90 Å². The molecule has 41 heavy (non-hydrogen) atoms. The number of nitrogens with two attached hydrogens (primary N) is 1. The van der Waals surface area contributed by atoms with E-state index < -0.39 is 11.6 Å². The van der Waals surface area contributed by atoms with Crippen LogP contribution in [0.25, 0.3) is 22.2 Å². The van der Waals surface area contributed by atoms with Gasteiger partial charge in [0.05, 0.1) is 36.1 Å². The number of aromatic nitrogens is 3. The Labute approximate surface area is 242 Å². The fourth-order valence-electron chi connectivity index (χ4n) is 6.48. The van der Waals surface area contributed by atoms with E-state index >= 15 is 8.78 Å². The van der Waals surface area contributed by atoms with Crippen LogP contribution >= 0.6 is 11.6 Å². The second-order valence-electron chi connectivity index (χ2n) is 12.0. The fourth-order valence-corrected chi connectivity index (χ4v) is 6.67. The van der Waals surface area contributed by atoms with Gasteiger partial charge < -0.3 is 25.4 Å². The largest absolute Gasteiger partial charge is 0.463 e. The summed E-state index contributed by atoms with van der Waals surface area (Å²) in [6.07, 6.45) is 4.22. The lowest BCUT2D eigenvalue weighted by atomic mass is 10.0. The molecule has 3 N–H and O–H groups in total. The van der Waals surface area contributed by atoms with E-state index in [0.717, 1.165) is 58.5 Å². The van der Waals surface area contributed by atoms with Gasteiger partial charge in [-0.05, 0) is 50.3 Å². The highest BCUT2D eigenvalue weighted by Gasteiger charge is 2.45. The van der Waals surface area contributed by atoms with E-state index in [2.05, 4.69) is 25.1 Å². The summed E-state index contributed by atoms with van der Waals surface area (Å²) in [7, 11) is 0. The minimum atomic E-state index is -0.861. The van der Waals surface area contributed by atoms with Crippen molar-refractivity contribution >= 4 is 34.1 Å². The average Bonchev–Trinajstić information content (AvgIpc) is 3.64. The lowest BCUT2D eigenvalue weighted by Gasteiger charge is -2.34. The van der Waals surface area contributed by atoms with Gasteiger partial charge in [0.15, 0.2) is 5.82 Å². The van der Waals surface area contributed by atoms with Crippen LogP contribution in [0.4, 0.5) is 20.4 Å². The SMILES string of the molecule is Cc1cc(N)nc(-c2c(F)cc3c(N4CC5CCC(C4)N5)nc(OCC4(CN5CCOCC5)CC4)nc3c2F)c1Cl. The van der Waals surface area contributed by atoms with Crippen LogP contribution < -0.4 is 20.7 Å². The lowest BCUT2D eigenvalue weighted by molar-refractivity contribution is 0.0231. The predicted molar refractivity (Wildman–Crippen MR) is 153 cm³/mol. The zero-order chi connectivity index (χ0) is 28.3. The number of nitrogens with one attached hydrogen (secondary N) is 1. The zero-order valence-corrected chi connectivity index (χ0v) is 23.8. The maximum Gasteiger partial charge on any atom is 0.319 e. The van der Waals surface area contributed by atoms with E-state index in [9.17, 15) is 0 Å². The van der Waals surface area contributed by atoms with Crippen molar-refractivity contribution in [2.24, 2.45) is 5.41 Å². The van der Waals surface area contributed by atoms with Crippen LogP contribution in [0.15, 0.2) is 12.1 Å². The Kier molecular flexibility index (Phi) is 6.88. The first-order valence-corrected chi connectivity index (χ1v) is 14.7. The van der Waals surface area contributed by atoms with Crippen LogP contribution in [-0.2, 0) is 4.74 Å². The van der Waals surface area contributed by atoms with Gasteiger partial charge in [0.1, 0.15) is 23.0 Å². The van der Waals surface area contributed by atoms with E-state index in [1.807, 2.05) is 0 Å². The number of anilines is 2. The smallest absolute Gasteiger partial charge is 0.319 e. The Morgan fingerprint density at radius 1 is 1.12 bits per heavy atom. The summed E-state index contributed by atoms with van der Waals surface area (Å²) in [6.45, 7) is 7.74. The third-order valence-corrected chi connectivity index (χ3v) is 9.36. The van der Waals surface area contributed by atoms with Crippen LogP contribution in [0.5, 0.6) is 6.01 Å². The molecule has 9 nitrogen and oxygen atoms in total. The predicted octanol–water partition coefficient (Wildman–Crippen LogP) is 3.95. The number of hydrogen-bond acceptors (Lipinski definition) is 9. The first-order chi connectivity index (χ1) is 19.8. The maximum absolute atomic E-state index is 16.4. The number of aryl methyl sites for hydroxylation is 1. The Morgan fingerprint density at radius 3 is 2.56 bits per heavy atom. The number of rotatable bonds is 7. The highest BCUT2D eigenvalue weighted by atomic mass is 35.5. The Bertz CT molecular complexity index is 1490. The van der Waals surface area contributed by atoms with Gasteiger partial charge in [-0.2, -0.15) is 9.97 Å². The molecule has 3 aromatic rings. The summed E-state index contributed by atoms with van der Waals surface area (Å²) < 4.78 is 43.8. The first kappa shape index (κ1) is 27.0.